The molecule has 0 spiro atoms. The van der Waals surface area contributed by atoms with Gasteiger partial charge in [0.25, 0.3) is 0 Å². The van der Waals surface area contributed by atoms with Crippen LogP contribution < -0.4 is 11.1 Å². The van der Waals surface area contributed by atoms with Crippen molar-refractivity contribution < 1.29 is 9.53 Å². The van der Waals surface area contributed by atoms with Gasteiger partial charge in [-0.05, 0) is 58.2 Å². The van der Waals surface area contributed by atoms with Crippen LogP contribution in [0.4, 0.5) is 21.9 Å². The Hall–Kier alpha value is -2.42. The Balaban J connectivity index is 1.93. The normalized spacial score (nSPS) is 15.7. The van der Waals surface area contributed by atoms with Gasteiger partial charge in [-0.15, -0.1) is 0 Å². The number of nitrogen functional groups attached to an aromatic ring is 1. The van der Waals surface area contributed by atoms with Crippen LogP contribution in [-0.2, 0) is 4.74 Å². The molecule has 1 heterocycles. The van der Waals surface area contributed by atoms with Gasteiger partial charge in [0.1, 0.15) is 5.60 Å². The minimum absolute atomic E-state index is 0.252. The molecule has 0 aromatic heterocycles. The van der Waals surface area contributed by atoms with E-state index in [-0.39, 0.29) is 12.1 Å². The summed E-state index contributed by atoms with van der Waals surface area (Å²) < 4.78 is 5.41. The zero-order valence-corrected chi connectivity index (χ0v) is 14.8. The highest BCUT2D eigenvalue weighted by molar-refractivity contribution is 5.75. The predicted molar refractivity (Wildman–Crippen MR) is 96.3 cm³/mol. The van der Waals surface area contributed by atoms with Crippen molar-refractivity contribution in [3.05, 3.63) is 29.1 Å². The molecule has 1 amide bonds. The molecule has 1 aliphatic rings. The van der Waals surface area contributed by atoms with E-state index in [1.165, 1.54) is 0 Å². The van der Waals surface area contributed by atoms with E-state index >= 15 is 0 Å². The number of amides is 1. The Kier molecular flexibility index (Phi) is 5.23. The number of carbonyl (C=O) groups is 1. The number of aryl methyl sites for hydroxylation is 1. The molecule has 1 fully saturated rings. The maximum atomic E-state index is 12.1. The molecule has 6 nitrogen and oxygen atoms in total. The lowest BCUT2D eigenvalue weighted by molar-refractivity contribution is 0.0210. The van der Waals surface area contributed by atoms with Crippen molar-refractivity contribution in [1.82, 2.24) is 4.90 Å². The topological polar surface area (TPSA) is 72.0 Å². The van der Waals surface area contributed by atoms with Crippen LogP contribution in [0.25, 0.3) is 4.85 Å². The first-order chi connectivity index (χ1) is 11.2. The van der Waals surface area contributed by atoms with Crippen LogP contribution >= 0.6 is 0 Å². The summed E-state index contributed by atoms with van der Waals surface area (Å²) in [6.45, 7) is 16.0. The average molecular weight is 330 g/mol. The summed E-state index contributed by atoms with van der Waals surface area (Å²) in [7, 11) is 0. The van der Waals surface area contributed by atoms with Gasteiger partial charge in [-0.1, -0.05) is 0 Å². The number of carbonyl (C=O) groups excluding carboxylic acids is 1. The van der Waals surface area contributed by atoms with E-state index in [2.05, 4.69) is 10.2 Å². The molecule has 2 rings (SSSR count). The Labute approximate surface area is 143 Å². The third-order valence-electron chi connectivity index (χ3n) is 3.99. The highest BCUT2D eigenvalue weighted by Crippen LogP contribution is 2.30. The fourth-order valence-electron chi connectivity index (χ4n) is 2.71. The van der Waals surface area contributed by atoms with Crippen LogP contribution in [0.1, 0.15) is 39.2 Å². The second-order valence-corrected chi connectivity index (χ2v) is 7.22. The minimum Gasteiger partial charge on any atom is -0.444 e. The summed E-state index contributed by atoms with van der Waals surface area (Å²) in [6, 6.07) is 3.88. The summed E-state index contributed by atoms with van der Waals surface area (Å²) in [5.74, 6) is 0. The fraction of sp³-hybridized carbons (Fsp3) is 0.556. The molecule has 1 aliphatic heterocycles. The van der Waals surface area contributed by atoms with Crippen molar-refractivity contribution in [2.75, 3.05) is 24.1 Å². The summed E-state index contributed by atoms with van der Waals surface area (Å²) in [4.78, 5) is 17.3. The second kappa shape index (κ2) is 7.00. The number of benzene rings is 1. The third kappa shape index (κ3) is 4.54. The lowest BCUT2D eigenvalue weighted by atomic mass is 10.0. The zero-order valence-electron chi connectivity index (χ0n) is 14.8. The number of piperidine rings is 1. The summed E-state index contributed by atoms with van der Waals surface area (Å²) in [5, 5.41) is 3.44. The van der Waals surface area contributed by atoms with E-state index in [4.69, 9.17) is 17.0 Å². The number of hydrogen-bond donors (Lipinski definition) is 2. The molecular weight excluding hydrogens is 304 g/mol. The Morgan fingerprint density at radius 2 is 2.00 bits per heavy atom. The molecule has 6 heteroatoms. The Bertz CT molecular complexity index is 650. The minimum atomic E-state index is -0.469. The van der Waals surface area contributed by atoms with Gasteiger partial charge in [-0.3, -0.25) is 0 Å². The van der Waals surface area contributed by atoms with Crippen LogP contribution in [0.15, 0.2) is 12.1 Å². The lowest BCUT2D eigenvalue weighted by Gasteiger charge is -2.34. The monoisotopic (exact) mass is 330 g/mol. The molecule has 3 N–H and O–H groups in total. The second-order valence-electron chi connectivity index (χ2n) is 7.22. The van der Waals surface area contributed by atoms with Gasteiger partial charge < -0.3 is 20.7 Å². The van der Waals surface area contributed by atoms with Crippen LogP contribution in [0.5, 0.6) is 0 Å². The van der Waals surface area contributed by atoms with E-state index in [1.807, 2.05) is 33.8 Å². The summed E-state index contributed by atoms with van der Waals surface area (Å²) >= 11 is 0. The number of ether oxygens (including phenoxy) is 1. The number of likely N-dealkylation sites (tertiary alicyclic amines) is 1. The highest BCUT2D eigenvalue weighted by atomic mass is 16.6. The summed E-state index contributed by atoms with van der Waals surface area (Å²) in [6.07, 6.45) is 1.42. The first-order valence-corrected chi connectivity index (χ1v) is 8.21. The van der Waals surface area contributed by atoms with E-state index in [1.54, 1.807) is 11.0 Å². The zero-order chi connectivity index (χ0) is 17.9. The molecule has 130 valence electrons. The molecule has 1 saturated heterocycles. The Morgan fingerprint density at radius 3 is 2.54 bits per heavy atom. The van der Waals surface area contributed by atoms with Gasteiger partial charge in [0.2, 0.25) is 0 Å². The number of nitrogens with one attached hydrogen (secondary N) is 1. The molecular formula is C18H26N4O2. The Morgan fingerprint density at radius 1 is 1.38 bits per heavy atom. The van der Waals surface area contributed by atoms with Crippen molar-refractivity contribution in [1.29, 1.82) is 0 Å². The molecule has 0 aliphatic carbocycles. The molecule has 0 radical (unpaired) electrons. The maximum absolute atomic E-state index is 12.1. The van der Waals surface area contributed by atoms with Crippen molar-refractivity contribution in [2.45, 2.75) is 52.2 Å². The van der Waals surface area contributed by atoms with Crippen molar-refractivity contribution in [3.8, 4) is 0 Å². The number of nitrogens with zero attached hydrogens (tertiary/aromatic N) is 2. The van der Waals surface area contributed by atoms with Gasteiger partial charge in [0, 0.05) is 24.8 Å². The summed E-state index contributed by atoms with van der Waals surface area (Å²) in [5.41, 5.74) is 8.50. The maximum Gasteiger partial charge on any atom is 0.410 e. The first-order valence-electron chi connectivity index (χ1n) is 8.21. The molecule has 0 atom stereocenters. The molecule has 0 bridgehead atoms. The van der Waals surface area contributed by atoms with Crippen molar-refractivity contribution >= 4 is 23.2 Å². The smallest absolute Gasteiger partial charge is 0.410 e. The molecule has 1 aromatic rings. The SMILES string of the molecule is [C-]#[N+]c1cc(N)c(NC2CCN(C(=O)OC(C)(C)C)CC2)cc1C. The third-order valence-corrected chi connectivity index (χ3v) is 3.99. The highest BCUT2D eigenvalue weighted by Gasteiger charge is 2.27. The van der Waals surface area contributed by atoms with Crippen molar-refractivity contribution in [2.24, 2.45) is 0 Å². The number of nitrogens with two attached hydrogens (primary N) is 1. The molecule has 0 unspecified atom stereocenters. The van der Waals surface area contributed by atoms with Crippen molar-refractivity contribution in [3.63, 3.8) is 0 Å². The van der Waals surface area contributed by atoms with Gasteiger partial charge in [-0.25, -0.2) is 9.64 Å². The van der Waals surface area contributed by atoms with E-state index in [0.717, 1.165) is 24.1 Å². The van der Waals surface area contributed by atoms with Gasteiger partial charge in [-0.2, -0.15) is 0 Å². The predicted octanol–water partition coefficient (Wildman–Crippen LogP) is 3.94. The molecule has 0 saturated carbocycles. The quantitative estimate of drug-likeness (QED) is 0.636. The van der Waals surface area contributed by atoms with Crippen LogP contribution in [0.2, 0.25) is 0 Å². The van der Waals surface area contributed by atoms with Gasteiger partial charge in [0.05, 0.1) is 12.3 Å². The van der Waals surface area contributed by atoms with E-state index in [9.17, 15) is 4.79 Å². The standard InChI is InChI=1S/C18H26N4O2/c1-12-10-16(14(19)11-15(12)20-5)21-13-6-8-22(9-7-13)17(23)24-18(2,3)4/h10-11,13,21H,6-9,19H2,1-4H3. The molecule has 1 aromatic carbocycles. The lowest BCUT2D eigenvalue weighted by Crippen LogP contribution is -2.44. The first kappa shape index (κ1) is 17.9. The number of rotatable bonds is 2. The van der Waals surface area contributed by atoms with Gasteiger partial charge in [0.15, 0.2) is 5.69 Å². The number of anilines is 2. The van der Waals surface area contributed by atoms with E-state index in [0.29, 0.717) is 24.5 Å². The van der Waals surface area contributed by atoms with Crippen LogP contribution in [-0.4, -0.2) is 35.7 Å². The van der Waals surface area contributed by atoms with E-state index < -0.39 is 5.60 Å². The number of hydrogen-bond acceptors (Lipinski definition) is 4. The average Bonchev–Trinajstić information content (AvgIpc) is 2.49. The van der Waals surface area contributed by atoms with Crippen LogP contribution in [0, 0.1) is 13.5 Å². The fourth-order valence-corrected chi connectivity index (χ4v) is 2.71. The molecule has 24 heavy (non-hydrogen) atoms. The largest absolute Gasteiger partial charge is 0.444 e. The van der Waals surface area contributed by atoms with Gasteiger partial charge >= 0.3 is 6.09 Å². The van der Waals surface area contributed by atoms with Crippen LogP contribution in [0.3, 0.4) is 0 Å².